The average molecular weight is 227 g/mol. The van der Waals surface area contributed by atoms with Gasteiger partial charge in [-0.3, -0.25) is 0 Å². The highest BCUT2D eigenvalue weighted by Gasteiger charge is 2.18. The zero-order valence-electron chi connectivity index (χ0n) is 9.22. The summed E-state index contributed by atoms with van der Waals surface area (Å²) in [5.41, 5.74) is 1.57. The van der Waals surface area contributed by atoms with Crippen LogP contribution in [0.2, 0.25) is 0 Å². The lowest BCUT2D eigenvalue weighted by Gasteiger charge is -2.24. The predicted molar refractivity (Wildman–Crippen MR) is 57.5 cm³/mol. The molecule has 1 aliphatic rings. The molecule has 1 aliphatic heterocycles. The minimum absolute atomic E-state index is 0.129. The van der Waals surface area contributed by atoms with E-state index in [1.54, 1.807) is 13.0 Å². The van der Waals surface area contributed by atoms with Gasteiger partial charge in [0, 0.05) is 18.7 Å². The number of morpholine rings is 1. The summed E-state index contributed by atoms with van der Waals surface area (Å²) in [6.07, 6.45) is -0.129. The lowest BCUT2D eigenvalue weighted by molar-refractivity contribution is 0.0274. The molecule has 2 nitrogen and oxygen atoms in total. The van der Waals surface area contributed by atoms with Crippen molar-refractivity contribution in [3.05, 3.63) is 34.6 Å². The molecular formula is C12H15F2NO. The summed E-state index contributed by atoms with van der Waals surface area (Å²) in [6, 6.07) is 3.18. The van der Waals surface area contributed by atoms with Crippen LogP contribution in [0.15, 0.2) is 12.1 Å². The molecular weight excluding hydrogens is 212 g/mol. The number of halogens is 2. The third-order valence-corrected chi connectivity index (χ3v) is 2.87. The summed E-state index contributed by atoms with van der Waals surface area (Å²) < 4.78 is 31.6. The standard InChI is InChI=1S/C12H15F2NO/c1-8-4-9(5-11(14)10(8)6-13)12-7-15-2-3-16-12/h4-5,12,15H,2-3,6-7H2,1H3. The van der Waals surface area contributed by atoms with E-state index in [-0.39, 0.29) is 11.7 Å². The van der Waals surface area contributed by atoms with Gasteiger partial charge in [-0.15, -0.1) is 0 Å². The summed E-state index contributed by atoms with van der Waals surface area (Å²) in [7, 11) is 0. The molecule has 1 aromatic carbocycles. The average Bonchev–Trinajstić information content (AvgIpc) is 2.30. The number of benzene rings is 1. The fourth-order valence-electron chi connectivity index (χ4n) is 1.94. The van der Waals surface area contributed by atoms with Crippen LogP contribution in [-0.2, 0) is 11.4 Å². The van der Waals surface area contributed by atoms with Crippen molar-refractivity contribution in [2.45, 2.75) is 19.7 Å². The number of alkyl halides is 1. The van der Waals surface area contributed by atoms with Crippen LogP contribution in [0.4, 0.5) is 8.78 Å². The van der Waals surface area contributed by atoms with E-state index < -0.39 is 12.5 Å². The fraction of sp³-hybridized carbons (Fsp3) is 0.500. The minimum atomic E-state index is -0.762. The molecule has 1 fully saturated rings. The van der Waals surface area contributed by atoms with Gasteiger partial charge in [0.15, 0.2) is 0 Å². The van der Waals surface area contributed by atoms with Gasteiger partial charge in [-0.2, -0.15) is 0 Å². The number of aryl methyl sites for hydroxylation is 1. The minimum Gasteiger partial charge on any atom is -0.371 e. The zero-order valence-corrected chi connectivity index (χ0v) is 9.22. The van der Waals surface area contributed by atoms with E-state index in [4.69, 9.17) is 4.74 Å². The Labute approximate surface area is 93.6 Å². The quantitative estimate of drug-likeness (QED) is 0.836. The van der Waals surface area contributed by atoms with Gasteiger partial charge in [0.25, 0.3) is 0 Å². The van der Waals surface area contributed by atoms with Gasteiger partial charge < -0.3 is 10.1 Å². The maximum absolute atomic E-state index is 13.6. The number of nitrogens with one attached hydrogen (secondary N) is 1. The molecule has 4 heteroatoms. The maximum Gasteiger partial charge on any atom is 0.129 e. The molecule has 0 spiro atoms. The van der Waals surface area contributed by atoms with Crippen molar-refractivity contribution in [1.82, 2.24) is 5.32 Å². The molecule has 0 saturated carbocycles. The highest BCUT2D eigenvalue weighted by Crippen LogP contribution is 2.24. The van der Waals surface area contributed by atoms with Crippen LogP contribution in [0.5, 0.6) is 0 Å². The lowest BCUT2D eigenvalue weighted by Crippen LogP contribution is -2.33. The van der Waals surface area contributed by atoms with Gasteiger partial charge in [0.1, 0.15) is 12.5 Å². The Balaban J connectivity index is 2.28. The molecule has 0 radical (unpaired) electrons. The van der Waals surface area contributed by atoms with E-state index in [9.17, 15) is 8.78 Å². The molecule has 2 rings (SSSR count). The first-order valence-electron chi connectivity index (χ1n) is 5.39. The zero-order chi connectivity index (χ0) is 11.5. The van der Waals surface area contributed by atoms with Crippen molar-refractivity contribution in [3.8, 4) is 0 Å². The Hall–Kier alpha value is -1.00. The van der Waals surface area contributed by atoms with Crippen LogP contribution in [0.3, 0.4) is 0 Å². The summed E-state index contributed by atoms with van der Waals surface area (Å²) in [5, 5.41) is 3.18. The summed E-state index contributed by atoms with van der Waals surface area (Å²) in [5.74, 6) is -0.480. The monoisotopic (exact) mass is 227 g/mol. The second kappa shape index (κ2) is 4.89. The van der Waals surface area contributed by atoms with E-state index in [1.807, 2.05) is 0 Å². The Morgan fingerprint density at radius 1 is 1.50 bits per heavy atom. The Morgan fingerprint density at radius 3 is 2.88 bits per heavy atom. The predicted octanol–water partition coefficient (Wildman–Crippen LogP) is 2.26. The molecule has 0 aliphatic carbocycles. The van der Waals surface area contributed by atoms with Crippen LogP contribution in [0, 0.1) is 12.7 Å². The smallest absolute Gasteiger partial charge is 0.129 e. The summed E-state index contributed by atoms with van der Waals surface area (Å²) in [6.45, 7) is 3.07. The molecule has 0 aromatic heterocycles. The maximum atomic E-state index is 13.6. The first kappa shape index (κ1) is 11.5. The molecule has 88 valence electrons. The Bertz CT molecular complexity index is 352. The highest BCUT2D eigenvalue weighted by atomic mass is 19.1. The van der Waals surface area contributed by atoms with Gasteiger partial charge >= 0.3 is 0 Å². The van der Waals surface area contributed by atoms with Crippen molar-refractivity contribution >= 4 is 0 Å². The molecule has 1 atom stereocenters. The topological polar surface area (TPSA) is 21.3 Å². The van der Waals surface area contributed by atoms with Crippen molar-refractivity contribution < 1.29 is 13.5 Å². The van der Waals surface area contributed by atoms with Crippen molar-refractivity contribution in [2.75, 3.05) is 19.7 Å². The van der Waals surface area contributed by atoms with E-state index in [0.29, 0.717) is 18.7 Å². The molecule has 1 aromatic rings. The third-order valence-electron chi connectivity index (χ3n) is 2.87. The van der Waals surface area contributed by atoms with Gasteiger partial charge in [-0.25, -0.2) is 8.78 Å². The van der Waals surface area contributed by atoms with Gasteiger partial charge in [-0.05, 0) is 24.1 Å². The number of ether oxygens (including phenoxy) is 1. The van der Waals surface area contributed by atoms with E-state index in [2.05, 4.69) is 5.32 Å². The van der Waals surface area contributed by atoms with Crippen LogP contribution < -0.4 is 5.32 Å². The third kappa shape index (κ3) is 2.23. The number of rotatable bonds is 2. The van der Waals surface area contributed by atoms with Crippen LogP contribution in [0.1, 0.15) is 22.8 Å². The van der Waals surface area contributed by atoms with Crippen LogP contribution in [0.25, 0.3) is 0 Å². The fourth-order valence-corrected chi connectivity index (χ4v) is 1.94. The molecule has 0 bridgehead atoms. The van der Waals surface area contributed by atoms with Crippen LogP contribution >= 0.6 is 0 Å². The second-order valence-electron chi connectivity index (χ2n) is 4.00. The van der Waals surface area contributed by atoms with Crippen molar-refractivity contribution in [1.29, 1.82) is 0 Å². The molecule has 1 unspecified atom stereocenters. The SMILES string of the molecule is Cc1cc(C2CNCCO2)cc(F)c1CF. The van der Waals surface area contributed by atoms with Crippen LogP contribution in [-0.4, -0.2) is 19.7 Å². The van der Waals surface area contributed by atoms with E-state index in [1.165, 1.54) is 6.07 Å². The molecule has 1 saturated heterocycles. The summed E-state index contributed by atoms with van der Waals surface area (Å²) in [4.78, 5) is 0. The second-order valence-corrected chi connectivity index (χ2v) is 4.00. The first-order chi connectivity index (χ1) is 7.72. The molecule has 0 amide bonds. The number of hydrogen-bond donors (Lipinski definition) is 1. The normalized spacial score (nSPS) is 21.1. The summed E-state index contributed by atoms with van der Waals surface area (Å²) >= 11 is 0. The number of hydrogen-bond acceptors (Lipinski definition) is 2. The van der Waals surface area contributed by atoms with Gasteiger partial charge in [0.2, 0.25) is 0 Å². The largest absolute Gasteiger partial charge is 0.371 e. The highest BCUT2D eigenvalue weighted by molar-refractivity contribution is 5.33. The van der Waals surface area contributed by atoms with E-state index >= 15 is 0 Å². The molecule has 1 N–H and O–H groups in total. The Morgan fingerprint density at radius 2 is 2.31 bits per heavy atom. The lowest BCUT2D eigenvalue weighted by atomic mass is 10.0. The van der Waals surface area contributed by atoms with E-state index in [0.717, 1.165) is 12.1 Å². The van der Waals surface area contributed by atoms with Crippen molar-refractivity contribution in [2.24, 2.45) is 0 Å². The van der Waals surface area contributed by atoms with Gasteiger partial charge in [0.05, 0.1) is 12.7 Å². The molecule has 1 heterocycles. The first-order valence-corrected chi connectivity index (χ1v) is 5.39. The van der Waals surface area contributed by atoms with Gasteiger partial charge in [-0.1, -0.05) is 6.07 Å². The Kier molecular flexibility index (Phi) is 3.51. The van der Waals surface area contributed by atoms with Crippen molar-refractivity contribution in [3.63, 3.8) is 0 Å². The molecule has 16 heavy (non-hydrogen) atoms.